The van der Waals surface area contributed by atoms with Crippen LogP contribution in [0.4, 0.5) is 5.69 Å². The number of hydrogen-bond acceptors (Lipinski definition) is 3. The van der Waals surface area contributed by atoms with Gasteiger partial charge in [0, 0.05) is 0 Å². The van der Waals surface area contributed by atoms with E-state index in [0.29, 0.717) is 28.0 Å². The zero-order chi connectivity index (χ0) is 12.3. The fourth-order valence-corrected chi connectivity index (χ4v) is 1.61. The molecule has 2 aromatic carbocycles. The van der Waals surface area contributed by atoms with Gasteiger partial charge in [-0.3, -0.25) is 0 Å². The lowest BCUT2D eigenvalue weighted by Crippen LogP contribution is -1.96. The highest BCUT2D eigenvalue weighted by molar-refractivity contribution is 6.32. The average molecular weight is 250 g/mol. The topological polar surface area (TPSA) is 44.5 Å². The molecule has 17 heavy (non-hydrogen) atoms. The third-order valence-corrected chi connectivity index (χ3v) is 2.61. The molecule has 0 aromatic heterocycles. The molecule has 0 saturated heterocycles. The van der Waals surface area contributed by atoms with Crippen molar-refractivity contribution in [2.45, 2.75) is 0 Å². The number of halogens is 1. The van der Waals surface area contributed by atoms with Crippen LogP contribution < -0.4 is 15.2 Å². The number of ether oxygens (including phenoxy) is 2. The molecule has 0 spiro atoms. The van der Waals surface area contributed by atoms with Crippen LogP contribution in [0.25, 0.3) is 0 Å². The Morgan fingerprint density at radius 2 is 1.59 bits per heavy atom. The number of anilines is 1. The van der Waals surface area contributed by atoms with Crippen LogP contribution in [0.5, 0.6) is 17.2 Å². The van der Waals surface area contributed by atoms with Gasteiger partial charge in [0.15, 0.2) is 5.75 Å². The molecule has 0 bridgehead atoms. The van der Waals surface area contributed by atoms with Crippen molar-refractivity contribution in [2.75, 3.05) is 12.8 Å². The van der Waals surface area contributed by atoms with Gasteiger partial charge in [-0.1, -0.05) is 29.8 Å². The molecule has 0 radical (unpaired) electrons. The first-order valence-electron chi connectivity index (χ1n) is 5.07. The number of methoxy groups -OCH3 is 1. The number of nitrogens with two attached hydrogens (primary N) is 1. The second-order valence-electron chi connectivity index (χ2n) is 3.40. The molecular formula is C13H12ClNO2. The highest BCUT2D eigenvalue weighted by Crippen LogP contribution is 2.36. The smallest absolute Gasteiger partial charge is 0.154 e. The molecule has 2 aromatic rings. The van der Waals surface area contributed by atoms with Crippen LogP contribution in [0.2, 0.25) is 5.02 Å². The van der Waals surface area contributed by atoms with Gasteiger partial charge in [-0.2, -0.15) is 0 Å². The van der Waals surface area contributed by atoms with E-state index in [1.807, 2.05) is 12.1 Å². The summed E-state index contributed by atoms with van der Waals surface area (Å²) in [5.74, 6) is 1.67. The number of rotatable bonds is 3. The van der Waals surface area contributed by atoms with Crippen LogP contribution in [0.15, 0.2) is 42.5 Å². The lowest BCUT2D eigenvalue weighted by Gasteiger charge is -2.11. The maximum atomic E-state index is 6.00. The summed E-state index contributed by atoms with van der Waals surface area (Å²) in [4.78, 5) is 0. The quantitative estimate of drug-likeness (QED) is 0.843. The second-order valence-corrected chi connectivity index (χ2v) is 3.81. The molecule has 88 valence electrons. The molecule has 0 fully saturated rings. The second kappa shape index (κ2) is 4.97. The molecule has 0 aliphatic heterocycles. The first-order valence-corrected chi connectivity index (χ1v) is 5.45. The molecule has 0 saturated carbocycles. The fraction of sp³-hybridized carbons (Fsp3) is 0.0769. The van der Waals surface area contributed by atoms with Crippen LogP contribution in [0.3, 0.4) is 0 Å². The van der Waals surface area contributed by atoms with E-state index in [2.05, 4.69) is 0 Å². The highest BCUT2D eigenvalue weighted by Gasteiger charge is 2.08. The third kappa shape index (κ3) is 2.45. The van der Waals surface area contributed by atoms with Crippen LogP contribution in [0.1, 0.15) is 0 Å². The van der Waals surface area contributed by atoms with Crippen molar-refractivity contribution < 1.29 is 9.47 Å². The third-order valence-electron chi connectivity index (χ3n) is 2.30. The first kappa shape index (κ1) is 11.6. The Labute approximate surface area is 105 Å². The zero-order valence-electron chi connectivity index (χ0n) is 9.31. The minimum Gasteiger partial charge on any atom is -0.494 e. The molecule has 0 amide bonds. The van der Waals surface area contributed by atoms with E-state index in [9.17, 15) is 0 Å². The number of nitrogen functional groups attached to an aromatic ring is 1. The van der Waals surface area contributed by atoms with Crippen LogP contribution in [-0.2, 0) is 0 Å². The number of benzene rings is 2. The predicted octanol–water partition coefficient (Wildman–Crippen LogP) is 3.72. The summed E-state index contributed by atoms with van der Waals surface area (Å²) in [6.45, 7) is 0. The van der Waals surface area contributed by atoms with Gasteiger partial charge in [-0.05, 0) is 24.3 Å². The van der Waals surface area contributed by atoms with E-state index in [-0.39, 0.29) is 0 Å². The van der Waals surface area contributed by atoms with E-state index in [1.54, 1.807) is 37.4 Å². The van der Waals surface area contributed by atoms with Gasteiger partial charge in [-0.15, -0.1) is 0 Å². The van der Waals surface area contributed by atoms with Crippen LogP contribution in [0, 0.1) is 0 Å². The Hall–Kier alpha value is -1.87. The van der Waals surface area contributed by atoms with E-state index in [0.717, 1.165) is 0 Å². The lowest BCUT2D eigenvalue weighted by atomic mass is 10.2. The van der Waals surface area contributed by atoms with Crippen molar-refractivity contribution in [3.8, 4) is 17.2 Å². The molecule has 0 aliphatic carbocycles. The standard InChI is InChI=1S/C13H12ClNO2/c1-16-11-7-4-8-12(13(11)15)17-10-6-3-2-5-9(10)14/h2-8H,15H2,1H3. The van der Waals surface area contributed by atoms with Crippen molar-refractivity contribution in [3.63, 3.8) is 0 Å². The molecule has 0 unspecified atom stereocenters. The minimum atomic E-state index is 0.454. The minimum absolute atomic E-state index is 0.454. The van der Waals surface area contributed by atoms with Gasteiger partial charge in [0.05, 0.1) is 12.1 Å². The molecule has 3 nitrogen and oxygen atoms in total. The molecule has 0 heterocycles. The molecule has 0 atom stereocenters. The van der Waals surface area contributed by atoms with Crippen molar-refractivity contribution in [1.82, 2.24) is 0 Å². The lowest BCUT2D eigenvalue weighted by molar-refractivity contribution is 0.412. The first-order chi connectivity index (χ1) is 8.22. The van der Waals surface area contributed by atoms with Gasteiger partial charge in [0.1, 0.15) is 17.2 Å². The zero-order valence-corrected chi connectivity index (χ0v) is 10.1. The van der Waals surface area contributed by atoms with E-state index in [1.165, 1.54) is 0 Å². The Morgan fingerprint density at radius 3 is 2.29 bits per heavy atom. The van der Waals surface area contributed by atoms with Crippen molar-refractivity contribution in [2.24, 2.45) is 0 Å². The molecule has 4 heteroatoms. The summed E-state index contributed by atoms with van der Waals surface area (Å²) >= 11 is 6.00. The van der Waals surface area contributed by atoms with Gasteiger partial charge < -0.3 is 15.2 Å². The van der Waals surface area contributed by atoms with Gasteiger partial charge in [-0.25, -0.2) is 0 Å². The van der Waals surface area contributed by atoms with Gasteiger partial charge >= 0.3 is 0 Å². The summed E-state index contributed by atoms with van der Waals surface area (Å²) in [6.07, 6.45) is 0. The Morgan fingerprint density at radius 1 is 0.941 bits per heavy atom. The maximum Gasteiger partial charge on any atom is 0.154 e. The SMILES string of the molecule is COc1cccc(Oc2ccccc2Cl)c1N. The normalized spacial score (nSPS) is 10.0. The summed E-state index contributed by atoms with van der Waals surface area (Å²) in [5.41, 5.74) is 6.35. The maximum absolute atomic E-state index is 6.00. The Balaban J connectivity index is 2.34. The van der Waals surface area contributed by atoms with Crippen molar-refractivity contribution >= 4 is 17.3 Å². The number of para-hydroxylation sites is 2. The van der Waals surface area contributed by atoms with E-state index >= 15 is 0 Å². The Bertz CT molecular complexity index is 529. The van der Waals surface area contributed by atoms with Crippen LogP contribution >= 0.6 is 11.6 Å². The average Bonchev–Trinajstić information content (AvgIpc) is 2.34. The van der Waals surface area contributed by atoms with Gasteiger partial charge in [0.2, 0.25) is 0 Å². The monoisotopic (exact) mass is 249 g/mol. The van der Waals surface area contributed by atoms with Gasteiger partial charge in [0.25, 0.3) is 0 Å². The molecule has 0 aliphatic rings. The highest BCUT2D eigenvalue weighted by atomic mass is 35.5. The predicted molar refractivity (Wildman–Crippen MR) is 68.9 cm³/mol. The molecule has 2 rings (SSSR count). The summed E-state index contributed by atoms with van der Waals surface area (Å²) < 4.78 is 10.8. The molecular weight excluding hydrogens is 238 g/mol. The fourth-order valence-electron chi connectivity index (χ4n) is 1.44. The van der Waals surface area contributed by atoms with E-state index in [4.69, 9.17) is 26.8 Å². The van der Waals surface area contributed by atoms with Crippen molar-refractivity contribution in [3.05, 3.63) is 47.5 Å². The Kier molecular flexibility index (Phi) is 3.40. The summed E-state index contributed by atoms with van der Waals surface area (Å²) in [5, 5.41) is 0.537. The summed E-state index contributed by atoms with van der Waals surface area (Å²) in [7, 11) is 1.56. The molecule has 2 N–H and O–H groups in total. The van der Waals surface area contributed by atoms with E-state index < -0.39 is 0 Å². The van der Waals surface area contributed by atoms with Crippen molar-refractivity contribution in [1.29, 1.82) is 0 Å². The van der Waals surface area contributed by atoms with Crippen LogP contribution in [-0.4, -0.2) is 7.11 Å². The largest absolute Gasteiger partial charge is 0.494 e. The number of hydrogen-bond donors (Lipinski definition) is 1. The summed E-state index contributed by atoms with van der Waals surface area (Å²) in [6, 6.07) is 12.6.